The predicted molar refractivity (Wildman–Crippen MR) is 125 cm³/mol. The van der Waals surface area contributed by atoms with Crippen LogP contribution >= 0.6 is 11.3 Å². The van der Waals surface area contributed by atoms with Crippen molar-refractivity contribution >= 4 is 44.3 Å². The van der Waals surface area contributed by atoms with Gasteiger partial charge >= 0.3 is 0 Å². The molecule has 0 saturated carbocycles. The Morgan fingerprint density at radius 2 is 2.09 bits per heavy atom. The summed E-state index contributed by atoms with van der Waals surface area (Å²) >= 11 is 1.18. The normalized spacial score (nSPS) is 16.0. The number of fused-ring (bicyclic) bond motifs is 1. The van der Waals surface area contributed by atoms with Crippen molar-refractivity contribution < 1.29 is 18.4 Å². The second-order valence-electron chi connectivity index (χ2n) is 8.08. The molecule has 1 saturated heterocycles. The minimum atomic E-state index is -1.09. The Morgan fingerprint density at radius 1 is 1.26 bits per heavy atom. The number of anilines is 2. The zero-order valence-corrected chi connectivity index (χ0v) is 19.3. The van der Waals surface area contributed by atoms with E-state index in [1.807, 2.05) is 11.8 Å². The zero-order chi connectivity index (χ0) is 24.2. The molecule has 1 atom stereocenters. The summed E-state index contributed by atoms with van der Waals surface area (Å²) in [5, 5.41) is 5.97. The molecule has 3 aromatic rings. The number of hydrogen-bond acceptors (Lipinski definition) is 7. The highest BCUT2D eigenvalue weighted by Gasteiger charge is 2.27. The minimum Gasteiger partial charge on any atom is -0.356 e. The number of nitrogens with zero attached hydrogens (tertiary/aromatic N) is 4. The number of amides is 2. The highest BCUT2D eigenvalue weighted by atomic mass is 32.1. The van der Waals surface area contributed by atoms with Crippen molar-refractivity contribution in [2.45, 2.75) is 32.7 Å². The molecule has 2 aromatic heterocycles. The van der Waals surface area contributed by atoms with Crippen LogP contribution in [0.25, 0.3) is 10.3 Å². The summed E-state index contributed by atoms with van der Waals surface area (Å²) in [4.78, 5) is 48.3. The summed E-state index contributed by atoms with van der Waals surface area (Å²) in [7, 11) is 0. The van der Waals surface area contributed by atoms with Gasteiger partial charge in [-0.2, -0.15) is 4.98 Å². The fourth-order valence-electron chi connectivity index (χ4n) is 3.77. The third-order valence-corrected chi connectivity index (χ3v) is 6.60. The topological polar surface area (TPSA) is 109 Å². The van der Waals surface area contributed by atoms with Crippen LogP contribution in [0.2, 0.25) is 0 Å². The Labute approximate surface area is 197 Å². The summed E-state index contributed by atoms with van der Waals surface area (Å²) < 4.78 is 27.8. The van der Waals surface area contributed by atoms with Gasteiger partial charge in [0.2, 0.25) is 11.8 Å². The van der Waals surface area contributed by atoms with Gasteiger partial charge in [-0.3, -0.25) is 19.0 Å². The Morgan fingerprint density at radius 3 is 2.85 bits per heavy atom. The third kappa shape index (κ3) is 5.22. The first-order valence-electron chi connectivity index (χ1n) is 11.0. The zero-order valence-electron chi connectivity index (χ0n) is 18.5. The molecule has 0 bridgehead atoms. The molecule has 180 valence electrons. The molecule has 2 N–H and O–H groups in total. The van der Waals surface area contributed by atoms with Crippen molar-refractivity contribution in [3.05, 3.63) is 46.5 Å². The molecule has 1 aliphatic rings. The van der Waals surface area contributed by atoms with Crippen molar-refractivity contribution in [3.63, 3.8) is 0 Å². The van der Waals surface area contributed by atoms with Gasteiger partial charge in [0.1, 0.15) is 17.6 Å². The average Bonchev–Trinajstić information content (AvgIpc) is 3.27. The molecule has 0 radical (unpaired) electrons. The number of carbonyl (C=O) groups is 2. The number of rotatable bonds is 7. The maximum atomic E-state index is 13.4. The molecule has 2 amide bonds. The highest BCUT2D eigenvalue weighted by Crippen LogP contribution is 2.29. The van der Waals surface area contributed by atoms with Crippen LogP contribution in [-0.4, -0.2) is 46.0 Å². The van der Waals surface area contributed by atoms with E-state index in [4.69, 9.17) is 0 Å². The van der Waals surface area contributed by atoms with E-state index < -0.39 is 23.1 Å². The summed E-state index contributed by atoms with van der Waals surface area (Å²) in [6.07, 6.45) is 3.74. The van der Waals surface area contributed by atoms with Gasteiger partial charge < -0.3 is 15.5 Å². The Hall–Kier alpha value is -3.41. The number of hydrogen-bond donors (Lipinski definition) is 2. The smallest absolute Gasteiger partial charge is 0.273 e. The van der Waals surface area contributed by atoms with Gasteiger partial charge in [-0.05, 0) is 31.4 Å². The lowest BCUT2D eigenvalue weighted by molar-refractivity contribution is -0.125. The van der Waals surface area contributed by atoms with Gasteiger partial charge in [-0.15, -0.1) is 0 Å². The van der Waals surface area contributed by atoms with Crippen LogP contribution in [0.3, 0.4) is 0 Å². The number of carbonyl (C=O) groups excluding carboxylic acids is 2. The predicted octanol–water partition coefficient (Wildman–Crippen LogP) is 2.51. The van der Waals surface area contributed by atoms with Crippen LogP contribution in [0.15, 0.2) is 29.3 Å². The molecule has 1 aliphatic heterocycles. The van der Waals surface area contributed by atoms with E-state index in [0.717, 1.165) is 42.5 Å². The lowest BCUT2D eigenvalue weighted by Crippen LogP contribution is -2.43. The summed E-state index contributed by atoms with van der Waals surface area (Å²) in [6.45, 7) is 3.53. The maximum Gasteiger partial charge on any atom is 0.273 e. The molecular formula is C22H24F2N6O3S. The van der Waals surface area contributed by atoms with Crippen LogP contribution in [0.5, 0.6) is 0 Å². The van der Waals surface area contributed by atoms with E-state index in [9.17, 15) is 23.2 Å². The van der Waals surface area contributed by atoms with Gasteiger partial charge in [0, 0.05) is 31.4 Å². The summed E-state index contributed by atoms with van der Waals surface area (Å²) in [6, 6.07) is 2.99. The molecule has 1 aromatic carbocycles. The maximum absolute atomic E-state index is 13.4. The number of halogens is 2. The second-order valence-corrected chi connectivity index (χ2v) is 9.06. The van der Waals surface area contributed by atoms with E-state index in [1.54, 1.807) is 0 Å². The van der Waals surface area contributed by atoms with Gasteiger partial charge in [0.25, 0.3) is 5.56 Å². The molecule has 1 fully saturated rings. The largest absolute Gasteiger partial charge is 0.356 e. The second kappa shape index (κ2) is 10.2. The fourth-order valence-corrected chi connectivity index (χ4v) is 4.77. The Kier molecular flexibility index (Phi) is 7.15. The van der Waals surface area contributed by atoms with E-state index in [-0.39, 0.29) is 29.7 Å². The van der Waals surface area contributed by atoms with Crippen molar-refractivity contribution in [2.75, 3.05) is 29.9 Å². The first kappa shape index (κ1) is 23.7. The Bertz CT molecular complexity index is 1280. The molecule has 0 unspecified atom stereocenters. The van der Waals surface area contributed by atoms with Crippen molar-refractivity contribution in [1.82, 2.24) is 19.9 Å². The number of nitrogens with one attached hydrogen (secondary N) is 2. The van der Waals surface area contributed by atoms with Crippen molar-refractivity contribution in [1.29, 1.82) is 0 Å². The van der Waals surface area contributed by atoms with E-state index in [1.165, 1.54) is 23.7 Å². The Balaban J connectivity index is 1.48. The van der Waals surface area contributed by atoms with E-state index >= 15 is 0 Å². The van der Waals surface area contributed by atoms with Gasteiger partial charge in [0.05, 0.1) is 5.92 Å². The molecule has 0 spiro atoms. The summed E-state index contributed by atoms with van der Waals surface area (Å²) in [5.41, 5.74) is -0.0723. The van der Waals surface area contributed by atoms with Crippen LogP contribution < -0.4 is 21.1 Å². The van der Waals surface area contributed by atoms with Crippen LogP contribution in [0.1, 0.15) is 26.2 Å². The number of aromatic nitrogens is 3. The number of thiazole rings is 1. The molecule has 9 nitrogen and oxygen atoms in total. The molecule has 34 heavy (non-hydrogen) atoms. The van der Waals surface area contributed by atoms with Crippen molar-refractivity contribution in [2.24, 2.45) is 5.92 Å². The number of benzene rings is 1. The minimum absolute atomic E-state index is 0.0280. The van der Waals surface area contributed by atoms with Crippen LogP contribution in [0.4, 0.5) is 19.6 Å². The quantitative estimate of drug-likeness (QED) is 0.527. The molecule has 3 heterocycles. The van der Waals surface area contributed by atoms with E-state index in [2.05, 4.69) is 20.6 Å². The van der Waals surface area contributed by atoms with Gasteiger partial charge in [-0.1, -0.05) is 18.3 Å². The van der Waals surface area contributed by atoms with Gasteiger partial charge in [-0.25, -0.2) is 13.8 Å². The average molecular weight is 491 g/mol. The molecule has 0 aliphatic carbocycles. The molecule has 12 heteroatoms. The lowest BCUT2D eigenvalue weighted by Gasteiger charge is -2.31. The monoisotopic (exact) mass is 490 g/mol. The molecular weight excluding hydrogens is 466 g/mol. The van der Waals surface area contributed by atoms with Crippen LogP contribution in [0, 0.1) is 17.6 Å². The van der Waals surface area contributed by atoms with Gasteiger partial charge in [0.15, 0.2) is 22.4 Å². The first-order chi connectivity index (χ1) is 16.4. The SMILES string of the molecule is CCCNC(=O)[C@H]1CCCN(c2nc3ncn(CC(=O)Nc4ccc(F)c(F)c4)c(=O)c3s2)C1. The third-order valence-electron chi connectivity index (χ3n) is 5.50. The highest BCUT2D eigenvalue weighted by molar-refractivity contribution is 7.22. The number of piperidine rings is 1. The van der Waals surface area contributed by atoms with Crippen LogP contribution in [-0.2, 0) is 16.1 Å². The standard InChI is InChI=1S/C22H24F2N6O3S/c1-2-7-25-20(32)13-4-3-8-29(10-13)22-28-19-18(34-22)21(33)30(12-26-19)11-17(31)27-14-5-6-15(23)16(24)9-14/h5-6,9,12-13H,2-4,7-8,10-11H2,1H3,(H,25,32)(H,27,31)/t13-/m0/s1. The van der Waals surface area contributed by atoms with Crippen molar-refractivity contribution in [3.8, 4) is 0 Å². The molecule has 4 rings (SSSR count). The lowest BCUT2D eigenvalue weighted by atomic mass is 9.97. The van der Waals surface area contributed by atoms with E-state index in [0.29, 0.717) is 22.9 Å². The summed E-state index contributed by atoms with van der Waals surface area (Å²) in [5.74, 6) is -2.81. The fraction of sp³-hybridized carbons (Fsp3) is 0.409. The first-order valence-corrected chi connectivity index (χ1v) is 11.8.